The van der Waals surface area contributed by atoms with Crippen LogP contribution in [0.5, 0.6) is 5.75 Å². The van der Waals surface area contributed by atoms with Gasteiger partial charge in [0.1, 0.15) is 5.75 Å². The summed E-state index contributed by atoms with van der Waals surface area (Å²) in [4.78, 5) is 4.15. The fourth-order valence-electron chi connectivity index (χ4n) is 1.41. The number of hydrogen-bond acceptors (Lipinski definition) is 2. The number of hydrogen-bond donors (Lipinski definition) is 1. The summed E-state index contributed by atoms with van der Waals surface area (Å²) in [5, 5.41) is 9.38. The van der Waals surface area contributed by atoms with E-state index in [2.05, 4.69) is 4.98 Å². The molecule has 1 aromatic rings. The van der Waals surface area contributed by atoms with Crippen LogP contribution in [0, 0.1) is 0 Å². The lowest BCUT2D eigenvalue weighted by molar-refractivity contribution is 0.383. The van der Waals surface area contributed by atoms with Gasteiger partial charge in [0.2, 0.25) is 0 Å². The Kier molecular flexibility index (Phi) is 1.53. The lowest BCUT2D eigenvalue weighted by Gasteiger charge is -2.24. The van der Waals surface area contributed by atoms with Gasteiger partial charge in [-0.1, -0.05) is 6.42 Å². The third kappa shape index (κ3) is 1.09. The van der Waals surface area contributed by atoms with Gasteiger partial charge in [-0.3, -0.25) is 4.98 Å². The molecule has 1 N–H and O–H groups in total. The van der Waals surface area contributed by atoms with Crippen LogP contribution in [0.4, 0.5) is 0 Å². The lowest BCUT2D eigenvalue weighted by atomic mass is 9.82. The van der Waals surface area contributed by atoms with Gasteiger partial charge in [-0.05, 0) is 25.0 Å². The Bertz CT molecular complexity index is 255. The molecule has 0 bridgehead atoms. The van der Waals surface area contributed by atoms with Crippen LogP contribution >= 0.6 is 0 Å². The van der Waals surface area contributed by atoms with Crippen molar-refractivity contribution < 1.29 is 5.11 Å². The number of aromatic nitrogens is 1. The van der Waals surface area contributed by atoms with Gasteiger partial charge in [0.15, 0.2) is 0 Å². The van der Waals surface area contributed by atoms with E-state index in [9.17, 15) is 5.11 Å². The van der Waals surface area contributed by atoms with E-state index in [0.717, 1.165) is 5.69 Å². The SMILES string of the molecule is Oc1cccnc1C1CCC1. The molecule has 1 heterocycles. The summed E-state index contributed by atoms with van der Waals surface area (Å²) in [6, 6.07) is 3.47. The molecular weight excluding hydrogens is 138 g/mol. The zero-order valence-electron chi connectivity index (χ0n) is 6.33. The molecule has 2 rings (SSSR count). The normalized spacial score (nSPS) is 17.8. The second kappa shape index (κ2) is 2.53. The van der Waals surface area contributed by atoms with Crippen LogP contribution in [0.2, 0.25) is 0 Å². The number of aromatic hydroxyl groups is 1. The molecule has 0 aromatic carbocycles. The van der Waals surface area contributed by atoms with E-state index in [1.165, 1.54) is 19.3 Å². The maximum absolute atomic E-state index is 9.38. The van der Waals surface area contributed by atoms with Crippen LogP contribution < -0.4 is 0 Å². The van der Waals surface area contributed by atoms with Crippen molar-refractivity contribution in [1.82, 2.24) is 4.98 Å². The Hall–Kier alpha value is -1.05. The summed E-state index contributed by atoms with van der Waals surface area (Å²) >= 11 is 0. The maximum Gasteiger partial charge on any atom is 0.137 e. The topological polar surface area (TPSA) is 33.1 Å². The molecule has 0 saturated heterocycles. The number of pyridine rings is 1. The summed E-state index contributed by atoms with van der Waals surface area (Å²) in [5.74, 6) is 0.883. The van der Waals surface area contributed by atoms with Crippen LogP contribution in [0.3, 0.4) is 0 Å². The molecular formula is C9H11NO. The van der Waals surface area contributed by atoms with Crippen LogP contribution in [0.1, 0.15) is 30.9 Å². The molecule has 58 valence electrons. The molecule has 2 nitrogen and oxygen atoms in total. The summed E-state index contributed by atoms with van der Waals surface area (Å²) in [7, 11) is 0. The van der Waals surface area contributed by atoms with Gasteiger partial charge in [-0.2, -0.15) is 0 Å². The van der Waals surface area contributed by atoms with Gasteiger partial charge >= 0.3 is 0 Å². The molecule has 0 spiro atoms. The minimum atomic E-state index is 0.359. The van der Waals surface area contributed by atoms with E-state index < -0.39 is 0 Å². The average Bonchev–Trinajstić information content (AvgIpc) is 1.90. The van der Waals surface area contributed by atoms with E-state index in [0.29, 0.717) is 11.7 Å². The van der Waals surface area contributed by atoms with Gasteiger partial charge in [0.25, 0.3) is 0 Å². The Labute approximate surface area is 65.9 Å². The van der Waals surface area contributed by atoms with Gasteiger partial charge in [0.05, 0.1) is 5.69 Å². The third-order valence-electron chi connectivity index (χ3n) is 2.31. The molecule has 2 heteroatoms. The van der Waals surface area contributed by atoms with Crippen molar-refractivity contribution in [3.05, 3.63) is 24.0 Å². The highest BCUT2D eigenvalue weighted by atomic mass is 16.3. The number of rotatable bonds is 1. The highest BCUT2D eigenvalue weighted by molar-refractivity contribution is 5.29. The van der Waals surface area contributed by atoms with Crippen LogP contribution in [-0.4, -0.2) is 10.1 Å². The van der Waals surface area contributed by atoms with Crippen molar-refractivity contribution in [3.63, 3.8) is 0 Å². The van der Waals surface area contributed by atoms with Gasteiger partial charge in [-0.25, -0.2) is 0 Å². The monoisotopic (exact) mass is 149 g/mol. The predicted molar refractivity (Wildman–Crippen MR) is 42.5 cm³/mol. The second-order valence-electron chi connectivity index (χ2n) is 3.04. The zero-order valence-corrected chi connectivity index (χ0v) is 6.33. The molecule has 1 saturated carbocycles. The van der Waals surface area contributed by atoms with Crippen molar-refractivity contribution in [1.29, 1.82) is 0 Å². The average molecular weight is 149 g/mol. The van der Waals surface area contributed by atoms with Gasteiger partial charge < -0.3 is 5.11 Å². The molecule has 1 aliphatic carbocycles. The Balaban J connectivity index is 2.28. The fraction of sp³-hybridized carbons (Fsp3) is 0.444. The van der Waals surface area contributed by atoms with E-state index in [1.54, 1.807) is 18.3 Å². The Morgan fingerprint density at radius 1 is 1.45 bits per heavy atom. The molecule has 11 heavy (non-hydrogen) atoms. The van der Waals surface area contributed by atoms with Crippen molar-refractivity contribution >= 4 is 0 Å². The first-order valence-corrected chi connectivity index (χ1v) is 4.02. The predicted octanol–water partition coefficient (Wildman–Crippen LogP) is 2.05. The molecule has 0 amide bonds. The van der Waals surface area contributed by atoms with E-state index in [1.807, 2.05) is 0 Å². The van der Waals surface area contributed by atoms with Gasteiger partial charge in [-0.15, -0.1) is 0 Å². The Morgan fingerprint density at radius 3 is 2.82 bits per heavy atom. The highest BCUT2D eigenvalue weighted by Gasteiger charge is 2.22. The molecule has 1 aromatic heterocycles. The fourth-order valence-corrected chi connectivity index (χ4v) is 1.41. The Morgan fingerprint density at radius 2 is 2.27 bits per heavy atom. The molecule has 0 radical (unpaired) electrons. The molecule has 0 atom stereocenters. The molecule has 1 fully saturated rings. The maximum atomic E-state index is 9.38. The minimum Gasteiger partial charge on any atom is -0.506 e. The molecule has 1 aliphatic rings. The molecule has 0 unspecified atom stereocenters. The van der Waals surface area contributed by atoms with Crippen molar-refractivity contribution in [2.24, 2.45) is 0 Å². The summed E-state index contributed by atoms with van der Waals surface area (Å²) in [6.07, 6.45) is 5.39. The van der Waals surface area contributed by atoms with Crippen LogP contribution in [-0.2, 0) is 0 Å². The van der Waals surface area contributed by atoms with Crippen molar-refractivity contribution in [2.75, 3.05) is 0 Å². The summed E-state index contributed by atoms with van der Waals surface area (Å²) in [5.41, 5.74) is 0.888. The first kappa shape index (κ1) is 6.65. The lowest BCUT2D eigenvalue weighted by Crippen LogP contribution is -2.10. The van der Waals surface area contributed by atoms with Crippen molar-refractivity contribution in [2.45, 2.75) is 25.2 Å². The smallest absolute Gasteiger partial charge is 0.137 e. The quantitative estimate of drug-likeness (QED) is 0.663. The van der Waals surface area contributed by atoms with E-state index in [-0.39, 0.29) is 0 Å². The summed E-state index contributed by atoms with van der Waals surface area (Å²) < 4.78 is 0. The number of nitrogens with zero attached hydrogens (tertiary/aromatic N) is 1. The van der Waals surface area contributed by atoms with Crippen LogP contribution in [0.25, 0.3) is 0 Å². The standard InChI is InChI=1S/C9H11NO/c11-8-5-2-6-10-9(8)7-3-1-4-7/h2,5-7,11H,1,3-4H2. The minimum absolute atomic E-state index is 0.359. The third-order valence-corrected chi connectivity index (χ3v) is 2.31. The van der Waals surface area contributed by atoms with Crippen LogP contribution in [0.15, 0.2) is 18.3 Å². The summed E-state index contributed by atoms with van der Waals surface area (Å²) in [6.45, 7) is 0. The van der Waals surface area contributed by atoms with Crippen molar-refractivity contribution in [3.8, 4) is 5.75 Å². The molecule has 0 aliphatic heterocycles. The zero-order chi connectivity index (χ0) is 7.68. The second-order valence-corrected chi connectivity index (χ2v) is 3.04. The first-order valence-electron chi connectivity index (χ1n) is 4.02. The highest BCUT2D eigenvalue weighted by Crippen LogP contribution is 2.38. The van der Waals surface area contributed by atoms with E-state index >= 15 is 0 Å². The first-order chi connectivity index (χ1) is 5.38. The van der Waals surface area contributed by atoms with Gasteiger partial charge in [0, 0.05) is 12.1 Å². The largest absolute Gasteiger partial charge is 0.506 e. The van der Waals surface area contributed by atoms with E-state index in [4.69, 9.17) is 0 Å².